The number of piperidine rings is 1. The first kappa shape index (κ1) is 20.6. The molecule has 6 rings (SSSR count). The molecule has 4 atom stereocenters. The van der Waals surface area contributed by atoms with Crippen LogP contribution in [0.5, 0.6) is 5.75 Å². The van der Waals surface area contributed by atoms with Crippen molar-refractivity contribution in [3.05, 3.63) is 46.5 Å². The Morgan fingerprint density at radius 2 is 1.97 bits per heavy atom. The number of benzene rings is 1. The number of hydrogen-bond donors (Lipinski definition) is 3. The third-order valence-corrected chi connectivity index (χ3v) is 7.46. The standard InChI is InChI=1S/C23H29N7O3/c24-21-17-11-29(12-18(17)21)16-9-14-1-2-15(10-19(14)33-13-16)30-6-3-20(27-23(30)32)26-22(31)28-7-4-25-5-8-28/h1-3,6,10,16-18,21,25H,4-5,7-9,11-13,24H2,(H,26,27,31,32)/t16?,17-,18+,21+. The van der Waals surface area contributed by atoms with E-state index in [0.717, 1.165) is 43.9 Å². The highest BCUT2D eigenvalue weighted by atomic mass is 16.5. The average Bonchev–Trinajstić information content (AvgIpc) is 3.23. The van der Waals surface area contributed by atoms with Gasteiger partial charge in [-0.05, 0) is 36.0 Å². The normalized spacial score (nSPS) is 28.6. The van der Waals surface area contributed by atoms with Crippen LogP contribution in [0.25, 0.3) is 5.69 Å². The summed E-state index contributed by atoms with van der Waals surface area (Å²) in [5, 5.41) is 5.92. The van der Waals surface area contributed by atoms with Crippen LogP contribution in [0.15, 0.2) is 35.3 Å². The number of aromatic nitrogens is 2. The van der Waals surface area contributed by atoms with Gasteiger partial charge in [-0.15, -0.1) is 0 Å². The first-order valence-corrected chi connectivity index (χ1v) is 11.7. The Kier molecular flexibility index (Phi) is 5.08. The zero-order valence-corrected chi connectivity index (χ0v) is 18.4. The van der Waals surface area contributed by atoms with Crippen molar-refractivity contribution in [1.29, 1.82) is 0 Å². The number of piperazine rings is 1. The summed E-state index contributed by atoms with van der Waals surface area (Å²) in [5.74, 6) is 2.39. The third-order valence-electron chi connectivity index (χ3n) is 7.46. The molecule has 0 bridgehead atoms. The highest BCUT2D eigenvalue weighted by Crippen LogP contribution is 2.45. The molecule has 1 saturated carbocycles. The van der Waals surface area contributed by atoms with E-state index in [9.17, 15) is 9.59 Å². The molecular formula is C23H29N7O3. The molecule has 1 unspecified atom stereocenters. The fourth-order valence-corrected chi connectivity index (χ4v) is 5.36. The minimum Gasteiger partial charge on any atom is -0.492 e. The predicted molar refractivity (Wildman–Crippen MR) is 123 cm³/mol. The first-order chi connectivity index (χ1) is 16.1. The van der Waals surface area contributed by atoms with Gasteiger partial charge in [0.2, 0.25) is 0 Å². The Morgan fingerprint density at radius 3 is 2.73 bits per heavy atom. The molecule has 3 aliphatic heterocycles. The molecule has 0 radical (unpaired) electrons. The van der Waals surface area contributed by atoms with Gasteiger partial charge >= 0.3 is 11.7 Å². The molecular weight excluding hydrogens is 422 g/mol. The number of likely N-dealkylation sites (tertiary alicyclic amines) is 1. The number of hydrogen-bond acceptors (Lipinski definition) is 7. The molecule has 2 aromatic rings. The van der Waals surface area contributed by atoms with E-state index in [1.54, 1.807) is 17.2 Å². The quantitative estimate of drug-likeness (QED) is 0.595. The van der Waals surface area contributed by atoms with Crippen LogP contribution < -0.4 is 26.8 Å². The summed E-state index contributed by atoms with van der Waals surface area (Å²) in [6.07, 6.45) is 2.57. The number of amides is 2. The van der Waals surface area contributed by atoms with Crippen LogP contribution in [-0.4, -0.2) is 83.3 Å². The van der Waals surface area contributed by atoms with Gasteiger partial charge in [0.1, 0.15) is 18.2 Å². The maximum Gasteiger partial charge on any atom is 0.354 e. The summed E-state index contributed by atoms with van der Waals surface area (Å²) >= 11 is 0. The van der Waals surface area contributed by atoms with Gasteiger partial charge in [0, 0.05) is 63.6 Å². The predicted octanol–water partition coefficient (Wildman–Crippen LogP) is -0.138. The fraction of sp³-hybridized carbons (Fsp3) is 0.522. The molecule has 10 nitrogen and oxygen atoms in total. The van der Waals surface area contributed by atoms with Crippen LogP contribution in [0.3, 0.4) is 0 Å². The molecule has 3 fully saturated rings. The number of nitrogens with one attached hydrogen (secondary N) is 2. The Labute approximate surface area is 191 Å². The van der Waals surface area contributed by atoms with E-state index >= 15 is 0 Å². The van der Waals surface area contributed by atoms with Crippen molar-refractivity contribution in [2.45, 2.75) is 18.5 Å². The number of rotatable bonds is 3. The van der Waals surface area contributed by atoms with Crippen LogP contribution in [0.4, 0.5) is 10.6 Å². The number of ether oxygens (including phenoxy) is 1. The van der Waals surface area contributed by atoms with E-state index in [4.69, 9.17) is 10.5 Å². The number of anilines is 1. The molecule has 2 saturated heterocycles. The Morgan fingerprint density at radius 1 is 1.18 bits per heavy atom. The Bertz CT molecular complexity index is 1120. The summed E-state index contributed by atoms with van der Waals surface area (Å²) in [5.41, 5.74) is 7.47. The van der Waals surface area contributed by atoms with Gasteiger partial charge in [-0.3, -0.25) is 14.8 Å². The largest absolute Gasteiger partial charge is 0.492 e. The van der Waals surface area contributed by atoms with Crippen LogP contribution >= 0.6 is 0 Å². The highest BCUT2D eigenvalue weighted by Gasteiger charge is 2.54. The van der Waals surface area contributed by atoms with Crippen molar-refractivity contribution in [3.8, 4) is 11.4 Å². The van der Waals surface area contributed by atoms with Crippen molar-refractivity contribution < 1.29 is 9.53 Å². The summed E-state index contributed by atoms with van der Waals surface area (Å²) in [6.45, 7) is 5.58. The maximum atomic E-state index is 12.7. The molecule has 1 aromatic heterocycles. The van der Waals surface area contributed by atoms with Crippen molar-refractivity contribution in [3.63, 3.8) is 0 Å². The van der Waals surface area contributed by atoms with E-state index in [0.29, 0.717) is 49.3 Å². The summed E-state index contributed by atoms with van der Waals surface area (Å²) < 4.78 is 7.56. The number of fused-ring (bicyclic) bond motifs is 2. The summed E-state index contributed by atoms with van der Waals surface area (Å²) in [6, 6.07) is 8.03. The average molecular weight is 452 g/mol. The van der Waals surface area contributed by atoms with Gasteiger partial charge < -0.3 is 20.7 Å². The minimum absolute atomic E-state index is 0.241. The Hall–Kier alpha value is -2.95. The lowest BCUT2D eigenvalue weighted by Crippen LogP contribution is -2.48. The van der Waals surface area contributed by atoms with Crippen LogP contribution in [-0.2, 0) is 6.42 Å². The van der Waals surface area contributed by atoms with Crippen molar-refractivity contribution >= 4 is 11.8 Å². The second-order valence-electron chi connectivity index (χ2n) is 9.45. The SMILES string of the molecule is N[C@@H]1[C@H]2CN(C3COc4cc(-n5ccc(NC(=O)N6CCNCC6)nc5=O)ccc4C3)C[C@@H]12. The van der Waals surface area contributed by atoms with E-state index < -0.39 is 5.69 Å². The highest BCUT2D eigenvalue weighted by molar-refractivity contribution is 5.88. The van der Waals surface area contributed by atoms with Gasteiger partial charge in [-0.1, -0.05) is 6.07 Å². The number of urea groups is 1. The number of nitrogens with zero attached hydrogens (tertiary/aromatic N) is 4. The number of nitrogens with two attached hydrogens (primary N) is 1. The lowest BCUT2D eigenvalue weighted by Gasteiger charge is -2.33. The van der Waals surface area contributed by atoms with Crippen LogP contribution in [0.1, 0.15) is 5.56 Å². The molecule has 174 valence electrons. The topological polar surface area (TPSA) is 118 Å². The fourth-order valence-electron chi connectivity index (χ4n) is 5.36. The van der Waals surface area contributed by atoms with Gasteiger partial charge in [0.15, 0.2) is 0 Å². The van der Waals surface area contributed by atoms with Crippen LogP contribution in [0.2, 0.25) is 0 Å². The van der Waals surface area contributed by atoms with Gasteiger partial charge in [0.25, 0.3) is 0 Å². The van der Waals surface area contributed by atoms with Gasteiger partial charge in [-0.2, -0.15) is 4.98 Å². The lowest BCUT2D eigenvalue weighted by molar-refractivity contribution is 0.129. The lowest BCUT2D eigenvalue weighted by atomic mass is 10.0. The van der Waals surface area contributed by atoms with E-state index in [1.807, 2.05) is 18.2 Å². The van der Waals surface area contributed by atoms with Crippen molar-refractivity contribution in [2.75, 3.05) is 51.2 Å². The van der Waals surface area contributed by atoms with Crippen LogP contribution in [0, 0.1) is 11.8 Å². The van der Waals surface area contributed by atoms with Crippen molar-refractivity contribution in [2.24, 2.45) is 17.6 Å². The monoisotopic (exact) mass is 451 g/mol. The molecule has 0 spiro atoms. The summed E-state index contributed by atoms with van der Waals surface area (Å²) in [7, 11) is 0. The molecule has 4 aliphatic rings. The second-order valence-corrected chi connectivity index (χ2v) is 9.45. The number of carbonyl (C=O) groups excluding carboxylic acids is 1. The minimum atomic E-state index is -0.450. The second kappa shape index (κ2) is 8.12. The zero-order chi connectivity index (χ0) is 22.5. The first-order valence-electron chi connectivity index (χ1n) is 11.7. The maximum absolute atomic E-state index is 12.7. The molecule has 4 heterocycles. The van der Waals surface area contributed by atoms with E-state index in [2.05, 4.69) is 20.5 Å². The van der Waals surface area contributed by atoms with Crippen molar-refractivity contribution in [1.82, 2.24) is 24.7 Å². The molecule has 1 aromatic carbocycles. The van der Waals surface area contributed by atoms with Gasteiger partial charge in [-0.25, -0.2) is 9.59 Å². The molecule has 33 heavy (non-hydrogen) atoms. The zero-order valence-electron chi connectivity index (χ0n) is 18.4. The summed E-state index contributed by atoms with van der Waals surface area (Å²) in [4.78, 5) is 33.3. The molecule has 2 amide bonds. The van der Waals surface area contributed by atoms with Gasteiger partial charge in [0.05, 0.1) is 5.69 Å². The van der Waals surface area contributed by atoms with E-state index in [1.165, 1.54) is 4.57 Å². The molecule has 1 aliphatic carbocycles. The smallest absolute Gasteiger partial charge is 0.354 e. The van der Waals surface area contributed by atoms with E-state index in [-0.39, 0.29) is 11.8 Å². The third kappa shape index (κ3) is 3.88. The Balaban J connectivity index is 1.13. The molecule has 4 N–H and O–H groups in total. The number of carbonyl (C=O) groups is 1. The molecule has 10 heteroatoms.